The van der Waals surface area contributed by atoms with Crippen molar-refractivity contribution in [2.24, 2.45) is 0 Å². The zero-order valence-corrected chi connectivity index (χ0v) is 22.7. The first kappa shape index (κ1) is 27.1. The lowest BCUT2D eigenvalue weighted by Gasteiger charge is -2.33. The van der Waals surface area contributed by atoms with Gasteiger partial charge in [-0.25, -0.2) is 0 Å². The van der Waals surface area contributed by atoms with Crippen molar-refractivity contribution < 1.29 is 28.9 Å². The second-order valence-corrected chi connectivity index (χ2v) is 9.93. The first-order valence-electron chi connectivity index (χ1n) is 13.1. The van der Waals surface area contributed by atoms with E-state index in [0.717, 1.165) is 19.2 Å². The van der Waals surface area contributed by atoms with Crippen LogP contribution in [0.4, 0.5) is 0 Å². The number of likely N-dealkylation sites (N-methyl/N-ethyl adjacent to an activating group) is 1. The number of phenolic OH excluding ortho intramolecular Hbond substituents is 2. The highest BCUT2D eigenvalue weighted by molar-refractivity contribution is 5.91. The molecule has 0 bridgehead atoms. The Hall–Kier alpha value is -4.50. The fourth-order valence-electron chi connectivity index (χ4n) is 5.22. The molecular weight excluding hydrogens is 512 g/mol. The molecule has 40 heavy (non-hydrogen) atoms. The largest absolute Gasteiger partial charge is 0.507 e. The van der Waals surface area contributed by atoms with Crippen molar-refractivity contribution in [1.82, 2.24) is 9.80 Å². The fourth-order valence-corrected chi connectivity index (χ4v) is 5.22. The van der Waals surface area contributed by atoms with Gasteiger partial charge >= 0.3 is 0 Å². The third-order valence-electron chi connectivity index (χ3n) is 7.45. The number of benzene rings is 3. The molecule has 1 aliphatic heterocycles. The van der Waals surface area contributed by atoms with Crippen molar-refractivity contribution >= 4 is 16.9 Å². The van der Waals surface area contributed by atoms with Crippen molar-refractivity contribution in [3.63, 3.8) is 0 Å². The average molecular weight is 545 g/mol. The van der Waals surface area contributed by atoms with E-state index in [0.29, 0.717) is 35.7 Å². The molecule has 9 nitrogen and oxygen atoms in total. The maximum absolute atomic E-state index is 13.6. The van der Waals surface area contributed by atoms with E-state index in [2.05, 4.69) is 4.90 Å². The van der Waals surface area contributed by atoms with Gasteiger partial charge in [0.1, 0.15) is 28.2 Å². The molecule has 9 heteroatoms. The maximum atomic E-state index is 13.6. The Labute approximate surface area is 231 Å². The smallest absolute Gasteiger partial charge is 0.223 e. The number of rotatable bonds is 7. The molecule has 1 aliphatic rings. The number of fused-ring (bicyclic) bond motifs is 1. The molecule has 1 saturated heterocycles. The van der Waals surface area contributed by atoms with E-state index in [1.54, 1.807) is 35.2 Å². The van der Waals surface area contributed by atoms with Gasteiger partial charge < -0.3 is 33.9 Å². The number of amides is 1. The highest BCUT2D eigenvalue weighted by atomic mass is 16.5. The van der Waals surface area contributed by atoms with Crippen LogP contribution >= 0.6 is 0 Å². The van der Waals surface area contributed by atoms with Gasteiger partial charge in [-0.15, -0.1) is 0 Å². The third-order valence-corrected chi connectivity index (χ3v) is 7.45. The van der Waals surface area contributed by atoms with Crippen molar-refractivity contribution in [3.05, 3.63) is 82.0 Å². The lowest BCUT2D eigenvalue weighted by Crippen LogP contribution is -2.47. The van der Waals surface area contributed by atoms with E-state index in [1.807, 2.05) is 25.2 Å². The number of phenols is 2. The molecule has 1 amide bonds. The Morgan fingerprint density at radius 1 is 0.925 bits per heavy atom. The lowest BCUT2D eigenvalue weighted by molar-refractivity contribution is -0.133. The van der Waals surface area contributed by atoms with Gasteiger partial charge in [-0.1, -0.05) is 36.4 Å². The van der Waals surface area contributed by atoms with Gasteiger partial charge in [0.2, 0.25) is 5.91 Å². The summed E-state index contributed by atoms with van der Waals surface area (Å²) in [4.78, 5) is 30.9. The standard InChI is InChI=1S/C31H32N2O7/c1-32-11-13-33(14-12-32)28(37)16-21(20-9-10-25(38-2)27(15-20)39-3)29-22(34)17-23(35)30-24(36)18-26(40-31(29)30)19-7-5-4-6-8-19/h4-10,15,17-18,21,34-35H,11-14,16H2,1-3H3/t21-/m0/s1. The summed E-state index contributed by atoms with van der Waals surface area (Å²) < 4.78 is 17.2. The van der Waals surface area contributed by atoms with Gasteiger partial charge in [-0.3, -0.25) is 9.59 Å². The topological polar surface area (TPSA) is 113 Å². The molecule has 5 rings (SSSR count). The van der Waals surface area contributed by atoms with Crippen molar-refractivity contribution in [1.29, 1.82) is 0 Å². The summed E-state index contributed by atoms with van der Waals surface area (Å²) in [5.74, 6) is -0.287. The minimum atomic E-state index is -0.732. The SMILES string of the molecule is COc1ccc([C@H](CC(=O)N2CCN(C)CC2)c2c(O)cc(O)c3c(=O)cc(-c4ccccc4)oc23)cc1OC. The minimum Gasteiger partial charge on any atom is -0.507 e. The van der Waals surface area contributed by atoms with Gasteiger partial charge in [0.05, 0.1) is 14.2 Å². The van der Waals surface area contributed by atoms with Crippen LogP contribution in [0.25, 0.3) is 22.3 Å². The Balaban J connectivity index is 1.72. The molecule has 3 aromatic carbocycles. The number of hydrogen-bond donors (Lipinski definition) is 2. The summed E-state index contributed by atoms with van der Waals surface area (Å²) in [7, 11) is 5.07. The van der Waals surface area contributed by atoms with Gasteiger partial charge in [-0.05, 0) is 24.7 Å². The molecule has 208 valence electrons. The summed E-state index contributed by atoms with van der Waals surface area (Å²) in [6.45, 7) is 2.69. The molecule has 0 unspecified atom stereocenters. The monoisotopic (exact) mass is 544 g/mol. The zero-order chi connectivity index (χ0) is 28.4. The van der Waals surface area contributed by atoms with Crippen LogP contribution < -0.4 is 14.9 Å². The zero-order valence-electron chi connectivity index (χ0n) is 22.7. The van der Waals surface area contributed by atoms with Crippen LogP contribution in [-0.4, -0.2) is 73.4 Å². The van der Waals surface area contributed by atoms with E-state index in [9.17, 15) is 19.8 Å². The first-order chi connectivity index (χ1) is 19.3. The molecule has 1 fully saturated rings. The molecule has 2 heterocycles. The maximum Gasteiger partial charge on any atom is 0.223 e. The van der Waals surface area contributed by atoms with Crippen LogP contribution in [0.2, 0.25) is 0 Å². The van der Waals surface area contributed by atoms with E-state index in [1.165, 1.54) is 20.3 Å². The molecule has 4 aromatic rings. The number of aromatic hydroxyl groups is 2. The highest BCUT2D eigenvalue weighted by Gasteiger charge is 2.31. The number of hydrogen-bond acceptors (Lipinski definition) is 8. The predicted molar refractivity (Wildman–Crippen MR) is 151 cm³/mol. The Morgan fingerprint density at radius 3 is 2.30 bits per heavy atom. The van der Waals surface area contributed by atoms with Gasteiger partial charge in [0.25, 0.3) is 0 Å². The van der Waals surface area contributed by atoms with Crippen LogP contribution in [0.5, 0.6) is 23.0 Å². The Bertz CT molecular complexity index is 1590. The van der Waals surface area contributed by atoms with Gasteiger partial charge in [0.15, 0.2) is 16.9 Å². The number of piperazine rings is 1. The van der Waals surface area contributed by atoms with E-state index < -0.39 is 17.1 Å². The van der Waals surface area contributed by atoms with Gasteiger partial charge in [0, 0.05) is 61.8 Å². The molecule has 0 aliphatic carbocycles. The van der Waals surface area contributed by atoms with E-state index in [-0.39, 0.29) is 40.4 Å². The average Bonchev–Trinajstić information content (AvgIpc) is 2.96. The van der Waals surface area contributed by atoms with Crippen LogP contribution in [-0.2, 0) is 4.79 Å². The first-order valence-corrected chi connectivity index (χ1v) is 13.1. The molecule has 1 atom stereocenters. The molecule has 0 spiro atoms. The van der Waals surface area contributed by atoms with E-state index in [4.69, 9.17) is 13.9 Å². The van der Waals surface area contributed by atoms with Crippen molar-refractivity contribution in [3.8, 4) is 34.3 Å². The third kappa shape index (κ3) is 5.20. The number of nitrogens with zero attached hydrogens (tertiary/aromatic N) is 2. The molecule has 0 radical (unpaired) electrons. The lowest BCUT2D eigenvalue weighted by atomic mass is 9.85. The molecule has 1 aromatic heterocycles. The Kier molecular flexibility index (Phi) is 7.66. The summed E-state index contributed by atoms with van der Waals surface area (Å²) in [5.41, 5.74) is 1.10. The molecular formula is C31H32N2O7. The quantitative estimate of drug-likeness (QED) is 0.356. The molecule has 0 saturated carbocycles. The second-order valence-electron chi connectivity index (χ2n) is 9.93. The fraction of sp³-hybridized carbons (Fsp3) is 0.290. The minimum absolute atomic E-state index is 0.00803. The van der Waals surface area contributed by atoms with E-state index >= 15 is 0 Å². The van der Waals surface area contributed by atoms with Crippen LogP contribution in [0.1, 0.15) is 23.5 Å². The second kappa shape index (κ2) is 11.3. The normalized spacial score (nSPS) is 14.7. The summed E-state index contributed by atoms with van der Waals surface area (Å²) >= 11 is 0. The number of carbonyl (C=O) groups excluding carboxylic acids is 1. The molecule has 2 N–H and O–H groups in total. The number of carbonyl (C=O) groups is 1. The van der Waals surface area contributed by atoms with Crippen molar-refractivity contribution in [2.45, 2.75) is 12.3 Å². The van der Waals surface area contributed by atoms with Crippen molar-refractivity contribution in [2.75, 3.05) is 47.4 Å². The number of methoxy groups -OCH3 is 2. The van der Waals surface area contributed by atoms with Crippen LogP contribution in [0.15, 0.2) is 69.9 Å². The Morgan fingerprint density at radius 2 is 1.62 bits per heavy atom. The summed E-state index contributed by atoms with van der Waals surface area (Å²) in [6.07, 6.45) is -0.00803. The van der Waals surface area contributed by atoms with Gasteiger partial charge in [-0.2, -0.15) is 0 Å². The summed E-state index contributed by atoms with van der Waals surface area (Å²) in [5, 5.41) is 21.9. The van der Waals surface area contributed by atoms with Crippen LogP contribution in [0, 0.1) is 0 Å². The predicted octanol–water partition coefficient (Wildman–Crippen LogP) is 4.18. The number of ether oxygens (including phenoxy) is 2. The highest BCUT2D eigenvalue weighted by Crippen LogP contribution is 2.44. The summed E-state index contributed by atoms with van der Waals surface area (Å²) in [6, 6.07) is 16.8. The van der Waals surface area contributed by atoms with Crippen LogP contribution in [0.3, 0.4) is 0 Å².